The van der Waals surface area contributed by atoms with Crippen molar-refractivity contribution >= 4 is 5.91 Å². The van der Waals surface area contributed by atoms with Gasteiger partial charge in [0.2, 0.25) is 0 Å². The Morgan fingerprint density at radius 3 is 2.65 bits per heavy atom. The van der Waals surface area contributed by atoms with Gasteiger partial charge in [0.05, 0.1) is 0 Å². The van der Waals surface area contributed by atoms with Crippen LogP contribution < -0.4 is 16.0 Å². The summed E-state index contributed by atoms with van der Waals surface area (Å²) in [5.74, 6) is 0.0463. The first kappa shape index (κ1) is 16.2. The molecule has 0 saturated heterocycles. The van der Waals surface area contributed by atoms with Crippen molar-refractivity contribution < 1.29 is 9.53 Å². The molecule has 0 fully saturated rings. The molecule has 0 aliphatic heterocycles. The molecule has 1 rings (SSSR count). The molecule has 112 valence electrons. The Morgan fingerprint density at radius 1 is 1.45 bits per heavy atom. The normalized spacial score (nSPS) is 12.0. The number of likely N-dealkylation sites (N-methyl/N-ethyl adjacent to an activating group) is 1. The number of nitrogens with zero attached hydrogens (tertiary/aromatic N) is 2. The third-order valence-electron chi connectivity index (χ3n) is 3.22. The van der Waals surface area contributed by atoms with Gasteiger partial charge in [-0.2, -0.15) is 0 Å². The number of carbonyl (C=O) groups is 1. The largest absolute Gasteiger partial charge is 0.478 e. The molecule has 1 heterocycles. The Hall–Kier alpha value is -1.82. The van der Waals surface area contributed by atoms with E-state index >= 15 is 0 Å². The number of carbonyl (C=O) groups excluding carboxylic acids is 1. The van der Waals surface area contributed by atoms with Crippen LogP contribution in [0.15, 0.2) is 23.1 Å². The molecule has 0 saturated carbocycles. The van der Waals surface area contributed by atoms with Crippen molar-refractivity contribution in [2.75, 3.05) is 26.2 Å². The van der Waals surface area contributed by atoms with E-state index in [1.165, 1.54) is 4.57 Å². The maximum atomic E-state index is 12.1. The number of rotatable bonds is 7. The first-order valence-electron chi connectivity index (χ1n) is 6.86. The summed E-state index contributed by atoms with van der Waals surface area (Å²) in [6.45, 7) is 7.15. The number of aromatic nitrogens is 1. The number of pyridine rings is 1. The Bertz CT molecular complexity index is 495. The maximum absolute atomic E-state index is 12.1. The number of hydrogen-bond donors (Lipinski definition) is 1. The number of ether oxygens (including phenoxy) is 1. The monoisotopic (exact) mass is 281 g/mol. The van der Waals surface area contributed by atoms with Crippen molar-refractivity contribution in [1.82, 2.24) is 9.47 Å². The van der Waals surface area contributed by atoms with Crippen LogP contribution >= 0.6 is 0 Å². The van der Waals surface area contributed by atoms with Crippen LogP contribution in [0.2, 0.25) is 0 Å². The zero-order chi connectivity index (χ0) is 15.1. The Balaban J connectivity index is 2.79. The molecular weight excluding hydrogens is 258 g/mol. The average molecular weight is 281 g/mol. The van der Waals surface area contributed by atoms with Gasteiger partial charge in [-0.1, -0.05) is 0 Å². The summed E-state index contributed by atoms with van der Waals surface area (Å²) >= 11 is 0. The molecule has 20 heavy (non-hydrogen) atoms. The molecule has 6 heteroatoms. The molecule has 0 aliphatic carbocycles. The standard InChI is InChI=1S/C14H23N3O3/c1-4-16(5-2)13(18)10-20-12-7-6-8-17(14(12)19)11(3)9-15/h6-8,11H,4-5,9-10,15H2,1-3H3. The van der Waals surface area contributed by atoms with Gasteiger partial charge in [0, 0.05) is 31.9 Å². The van der Waals surface area contributed by atoms with Crippen molar-refractivity contribution in [1.29, 1.82) is 0 Å². The summed E-state index contributed by atoms with van der Waals surface area (Å²) in [6, 6.07) is 3.17. The molecule has 0 aromatic carbocycles. The third-order valence-corrected chi connectivity index (χ3v) is 3.22. The number of amides is 1. The van der Waals surface area contributed by atoms with E-state index in [4.69, 9.17) is 10.5 Å². The fourth-order valence-corrected chi connectivity index (χ4v) is 1.87. The van der Waals surface area contributed by atoms with Crippen LogP contribution in [-0.4, -0.2) is 41.6 Å². The van der Waals surface area contributed by atoms with E-state index in [-0.39, 0.29) is 29.9 Å². The molecule has 0 radical (unpaired) electrons. The number of hydrogen-bond acceptors (Lipinski definition) is 4. The minimum absolute atomic E-state index is 0.107. The van der Waals surface area contributed by atoms with Gasteiger partial charge in [0.15, 0.2) is 12.4 Å². The lowest BCUT2D eigenvalue weighted by molar-refractivity contribution is -0.133. The Morgan fingerprint density at radius 2 is 2.10 bits per heavy atom. The molecule has 1 aromatic heterocycles. The van der Waals surface area contributed by atoms with Gasteiger partial charge in [-0.25, -0.2) is 0 Å². The van der Waals surface area contributed by atoms with Crippen LogP contribution in [0.5, 0.6) is 5.75 Å². The molecule has 1 unspecified atom stereocenters. The SMILES string of the molecule is CCN(CC)C(=O)COc1cccn(C(C)CN)c1=O. The van der Waals surface area contributed by atoms with Crippen LogP contribution in [-0.2, 0) is 4.79 Å². The fraction of sp³-hybridized carbons (Fsp3) is 0.571. The fourth-order valence-electron chi connectivity index (χ4n) is 1.87. The zero-order valence-electron chi connectivity index (χ0n) is 12.3. The van der Waals surface area contributed by atoms with E-state index in [1.807, 2.05) is 20.8 Å². The topological polar surface area (TPSA) is 77.6 Å². The summed E-state index contributed by atoms with van der Waals surface area (Å²) in [4.78, 5) is 25.6. The van der Waals surface area contributed by atoms with E-state index in [1.54, 1.807) is 23.2 Å². The lowest BCUT2D eigenvalue weighted by atomic mass is 10.3. The van der Waals surface area contributed by atoms with E-state index in [9.17, 15) is 9.59 Å². The average Bonchev–Trinajstić information content (AvgIpc) is 2.46. The van der Waals surface area contributed by atoms with Crippen molar-refractivity contribution in [2.24, 2.45) is 5.73 Å². The summed E-state index contributed by atoms with van der Waals surface area (Å²) in [5.41, 5.74) is 5.29. The van der Waals surface area contributed by atoms with Gasteiger partial charge in [0.1, 0.15) is 0 Å². The predicted octanol–water partition coefficient (Wildman–Crippen LogP) is 0.615. The van der Waals surface area contributed by atoms with Gasteiger partial charge in [-0.3, -0.25) is 9.59 Å². The molecule has 1 aromatic rings. The van der Waals surface area contributed by atoms with Gasteiger partial charge in [-0.05, 0) is 32.9 Å². The molecule has 0 spiro atoms. The molecule has 1 atom stereocenters. The third kappa shape index (κ3) is 3.84. The van der Waals surface area contributed by atoms with E-state index in [0.717, 1.165) is 0 Å². The first-order valence-corrected chi connectivity index (χ1v) is 6.86. The minimum Gasteiger partial charge on any atom is -0.478 e. The Kier molecular flexibility index (Phi) is 6.24. The predicted molar refractivity (Wildman–Crippen MR) is 77.9 cm³/mol. The molecule has 6 nitrogen and oxygen atoms in total. The van der Waals surface area contributed by atoms with Gasteiger partial charge in [-0.15, -0.1) is 0 Å². The quantitative estimate of drug-likeness (QED) is 0.794. The molecule has 1 amide bonds. The van der Waals surface area contributed by atoms with Crippen molar-refractivity contribution in [3.05, 3.63) is 28.7 Å². The van der Waals surface area contributed by atoms with Crippen molar-refractivity contribution in [3.63, 3.8) is 0 Å². The van der Waals surface area contributed by atoms with Crippen LogP contribution in [0, 0.1) is 0 Å². The molecular formula is C14H23N3O3. The highest BCUT2D eigenvalue weighted by Crippen LogP contribution is 2.06. The lowest BCUT2D eigenvalue weighted by Gasteiger charge is -2.19. The van der Waals surface area contributed by atoms with Crippen LogP contribution in [0.3, 0.4) is 0 Å². The highest BCUT2D eigenvalue weighted by Gasteiger charge is 2.13. The van der Waals surface area contributed by atoms with E-state index in [0.29, 0.717) is 19.6 Å². The second kappa shape index (κ2) is 7.69. The Labute approximate surface area is 119 Å². The summed E-state index contributed by atoms with van der Waals surface area (Å²) in [5, 5.41) is 0. The summed E-state index contributed by atoms with van der Waals surface area (Å²) in [7, 11) is 0. The van der Waals surface area contributed by atoms with Crippen LogP contribution in [0.25, 0.3) is 0 Å². The summed E-state index contributed by atoms with van der Waals surface area (Å²) in [6.07, 6.45) is 1.67. The second-order valence-electron chi connectivity index (χ2n) is 4.52. The van der Waals surface area contributed by atoms with Gasteiger partial charge >= 0.3 is 0 Å². The first-order chi connectivity index (χ1) is 9.54. The highest BCUT2D eigenvalue weighted by atomic mass is 16.5. The molecule has 2 N–H and O–H groups in total. The zero-order valence-corrected chi connectivity index (χ0v) is 12.3. The van der Waals surface area contributed by atoms with Crippen molar-refractivity contribution in [3.8, 4) is 5.75 Å². The summed E-state index contributed by atoms with van der Waals surface area (Å²) < 4.78 is 6.86. The lowest BCUT2D eigenvalue weighted by Crippen LogP contribution is -2.35. The van der Waals surface area contributed by atoms with Crippen LogP contribution in [0.4, 0.5) is 0 Å². The molecule has 0 bridgehead atoms. The smallest absolute Gasteiger partial charge is 0.293 e. The molecule has 0 aliphatic rings. The maximum Gasteiger partial charge on any atom is 0.293 e. The van der Waals surface area contributed by atoms with Gasteiger partial charge < -0.3 is 19.9 Å². The second-order valence-corrected chi connectivity index (χ2v) is 4.52. The highest BCUT2D eigenvalue weighted by molar-refractivity contribution is 5.77. The van der Waals surface area contributed by atoms with Gasteiger partial charge in [0.25, 0.3) is 11.5 Å². The van der Waals surface area contributed by atoms with E-state index in [2.05, 4.69) is 0 Å². The van der Waals surface area contributed by atoms with Crippen molar-refractivity contribution in [2.45, 2.75) is 26.8 Å². The van der Waals surface area contributed by atoms with Crippen LogP contribution in [0.1, 0.15) is 26.8 Å². The van der Waals surface area contributed by atoms with E-state index < -0.39 is 0 Å². The number of nitrogens with two attached hydrogens (primary N) is 1. The minimum atomic E-state index is -0.266.